The second kappa shape index (κ2) is 10.9. The van der Waals surface area contributed by atoms with Crippen LogP contribution in [0.1, 0.15) is 34.0 Å². The summed E-state index contributed by atoms with van der Waals surface area (Å²) in [5.41, 5.74) is 2.71. The number of carboxylic acids is 1. The number of rotatable bonds is 8. The molecule has 0 bridgehead atoms. The summed E-state index contributed by atoms with van der Waals surface area (Å²) in [7, 11) is 0. The predicted molar refractivity (Wildman–Crippen MR) is 128 cm³/mol. The highest BCUT2D eigenvalue weighted by Gasteiger charge is 2.14. The van der Waals surface area contributed by atoms with E-state index >= 15 is 0 Å². The summed E-state index contributed by atoms with van der Waals surface area (Å²) in [6.07, 6.45) is 1.73. The Labute approximate surface area is 199 Å². The molecule has 1 N–H and O–H groups in total. The molecule has 5 nitrogen and oxygen atoms in total. The summed E-state index contributed by atoms with van der Waals surface area (Å²) in [5.74, 6) is -0.00839. The van der Waals surface area contributed by atoms with Gasteiger partial charge in [-0.05, 0) is 70.4 Å². The molecule has 0 aliphatic rings. The van der Waals surface area contributed by atoms with E-state index in [-0.39, 0.29) is 12.2 Å². The van der Waals surface area contributed by atoms with Crippen LogP contribution in [0.4, 0.5) is 0 Å². The van der Waals surface area contributed by atoms with E-state index in [0.717, 1.165) is 5.56 Å². The maximum absolute atomic E-state index is 11.2. The normalized spacial score (nSPS) is 11.0. The van der Waals surface area contributed by atoms with Gasteiger partial charge in [0.2, 0.25) is 0 Å². The van der Waals surface area contributed by atoms with Crippen LogP contribution in [0.15, 0.2) is 65.1 Å². The van der Waals surface area contributed by atoms with Gasteiger partial charge in [-0.1, -0.05) is 41.9 Å². The number of carbonyl (C=O) groups is 1. The van der Waals surface area contributed by atoms with Crippen LogP contribution in [0, 0.1) is 11.3 Å². The highest BCUT2D eigenvalue weighted by Crippen LogP contribution is 2.38. The standard InChI is InChI=1S/C25H19BrClNO4/c1-2-31-23-13-17(11-19(14-28)20-8-3-4-9-22(20)27)12-21(26)24(23)32-15-16-6-5-7-18(10-16)25(29)30/h3-13H,2,15H2,1H3,(H,29,30). The van der Waals surface area contributed by atoms with Gasteiger partial charge in [-0.25, -0.2) is 4.79 Å². The fraction of sp³-hybridized carbons (Fsp3) is 0.120. The molecule has 32 heavy (non-hydrogen) atoms. The molecule has 7 heteroatoms. The van der Waals surface area contributed by atoms with Gasteiger partial charge in [-0.3, -0.25) is 0 Å². The van der Waals surface area contributed by atoms with Crippen molar-refractivity contribution in [2.45, 2.75) is 13.5 Å². The summed E-state index contributed by atoms with van der Waals surface area (Å²) in [6.45, 7) is 2.44. The van der Waals surface area contributed by atoms with Crippen LogP contribution < -0.4 is 9.47 Å². The van der Waals surface area contributed by atoms with Crippen LogP contribution in [-0.2, 0) is 6.61 Å². The van der Waals surface area contributed by atoms with Gasteiger partial charge in [0.25, 0.3) is 0 Å². The Morgan fingerprint density at radius 2 is 1.94 bits per heavy atom. The lowest BCUT2D eigenvalue weighted by Gasteiger charge is -2.15. The molecule has 0 unspecified atom stereocenters. The molecule has 0 radical (unpaired) electrons. The average molecular weight is 513 g/mol. The second-order valence-electron chi connectivity index (χ2n) is 6.71. The van der Waals surface area contributed by atoms with Crippen LogP contribution in [-0.4, -0.2) is 17.7 Å². The number of hydrogen-bond acceptors (Lipinski definition) is 4. The van der Waals surface area contributed by atoms with E-state index in [1.165, 1.54) is 6.07 Å². The third-order valence-corrected chi connectivity index (χ3v) is 5.40. The molecule has 0 aliphatic heterocycles. The lowest BCUT2D eigenvalue weighted by atomic mass is 10.0. The molecular weight excluding hydrogens is 494 g/mol. The summed E-state index contributed by atoms with van der Waals surface area (Å²) in [5, 5.41) is 19.3. The van der Waals surface area contributed by atoms with Gasteiger partial charge >= 0.3 is 5.97 Å². The van der Waals surface area contributed by atoms with Gasteiger partial charge in [0.15, 0.2) is 11.5 Å². The van der Waals surface area contributed by atoms with Crippen molar-refractivity contribution in [2.75, 3.05) is 6.61 Å². The number of allylic oxidation sites excluding steroid dienone is 1. The van der Waals surface area contributed by atoms with Crippen molar-refractivity contribution in [1.82, 2.24) is 0 Å². The highest BCUT2D eigenvalue weighted by molar-refractivity contribution is 9.10. The first-order chi connectivity index (χ1) is 15.4. The second-order valence-corrected chi connectivity index (χ2v) is 7.97. The lowest BCUT2D eigenvalue weighted by Crippen LogP contribution is -2.03. The Kier molecular flexibility index (Phi) is 7.93. The average Bonchev–Trinajstić information content (AvgIpc) is 2.78. The first-order valence-electron chi connectivity index (χ1n) is 9.71. The molecule has 3 aromatic rings. The quantitative estimate of drug-likeness (QED) is 0.264. The monoisotopic (exact) mass is 511 g/mol. The van der Waals surface area contributed by atoms with Gasteiger partial charge in [0, 0.05) is 10.6 Å². The molecule has 3 aromatic carbocycles. The maximum atomic E-state index is 11.2. The molecule has 0 aliphatic carbocycles. The van der Waals surface area contributed by atoms with Gasteiger partial charge in [-0.2, -0.15) is 5.26 Å². The van der Waals surface area contributed by atoms with Crippen LogP contribution in [0.5, 0.6) is 11.5 Å². The molecule has 3 rings (SSSR count). The third kappa shape index (κ3) is 5.70. The molecule has 0 heterocycles. The van der Waals surface area contributed by atoms with E-state index in [1.54, 1.807) is 42.5 Å². The Balaban J connectivity index is 1.93. The lowest BCUT2D eigenvalue weighted by molar-refractivity contribution is 0.0696. The molecule has 0 spiro atoms. The van der Waals surface area contributed by atoms with Crippen molar-refractivity contribution in [2.24, 2.45) is 0 Å². The zero-order valence-corrected chi connectivity index (χ0v) is 19.5. The molecule has 0 saturated carbocycles. The number of nitriles is 1. The minimum atomic E-state index is -0.994. The van der Waals surface area contributed by atoms with Crippen LogP contribution in [0.3, 0.4) is 0 Å². The van der Waals surface area contributed by atoms with E-state index in [0.29, 0.717) is 44.3 Å². The van der Waals surface area contributed by atoms with E-state index < -0.39 is 5.97 Å². The van der Waals surface area contributed by atoms with E-state index in [4.69, 9.17) is 21.1 Å². The van der Waals surface area contributed by atoms with Crippen molar-refractivity contribution >= 4 is 45.1 Å². The Bertz CT molecular complexity index is 1220. The van der Waals surface area contributed by atoms with Gasteiger partial charge in [0.05, 0.1) is 28.3 Å². The van der Waals surface area contributed by atoms with E-state index in [1.807, 2.05) is 25.1 Å². The number of halogens is 2. The van der Waals surface area contributed by atoms with E-state index in [2.05, 4.69) is 22.0 Å². The summed E-state index contributed by atoms with van der Waals surface area (Å²) >= 11 is 9.77. The minimum absolute atomic E-state index is 0.165. The van der Waals surface area contributed by atoms with Crippen molar-refractivity contribution in [3.63, 3.8) is 0 Å². The zero-order valence-electron chi connectivity index (χ0n) is 17.1. The number of nitrogens with zero attached hydrogens (tertiary/aromatic N) is 1. The molecule has 162 valence electrons. The molecule has 0 aromatic heterocycles. The molecular formula is C25H19BrClNO4. The van der Waals surface area contributed by atoms with Crippen molar-refractivity contribution in [1.29, 1.82) is 5.26 Å². The molecule has 0 amide bonds. The summed E-state index contributed by atoms with van der Waals surface area (Å²) in [4.78, 5) is 11.2. The number of aromatic carboxylic acids is 1. The first kappa shape index (κ1) is 23.4. The molecule has 0 fully saturated rings. The largest absolute Gasteiger partial charge is 0.490 e. The van der Waals surface area contributed by atoms with Gasteiger partial charge in [0.1, 0.15) is 6.61 Å². The van der Waals surface area contributed by atoms with Gasteiger partial charge in [-0.15, -0.1) is 0 Å². The Morgan fingerprint density at radius 1 is 1.16 bits per heavy atom. The maximum Gasteiger partial charge on any atom is 0.335 e. The SMILES string of the molecule is CCOc1cc(C=C(C#N)c2ccccc2Cl)cc(Br)c1OCc1cccc(C(=O)O)c1. The third-order valence-electron chi connectivity index (χ3n) is 4.48. The number of ether oxygens (including phenoxy) is 2. The van der Waals surface area contributed by atoms with E-state index in [9.17, 15) is 15.2 Å². The Morgan fingerprint density at radius 3 is 2.62 bits per heavy atom. The van der Waals surface area contributed by atoms with Crippen LogP contribution in [0.2, 0.25) is 5.02 Å². The number of carboxylic acid groups (broad SMARTS) is 1. The molecule has 0 atom stereocenters. The summed E-state index contributed by atoms with van der Waals surface area (Å²) < 4.78 is 12.4. The molecule has 0 saturated heterocycles. The van der Waals surface area contributed by atoms with Crippen molar-refractivity contribution in [3.05, 3.63) is 92.4 Å². The fourth-order valence-corrected chi connectivity index (χ4v) is 3.85. The Hall–Kier alpha value is -3.27. The zero-order chi connectivity index (χ0) is 23.1. The smallest absolute Gasteiger partial charge is 0.335 e. The fourth-order valence-electron chi connectivity index (χ4n) is 3.04. The summed E-state index contributed by atoms with van der Waals surface area (Å²) in [6, 6.07) is 19.5. The minimum Gasteiger partial charge on any atom is -0.490 e. The first-order valence-corrected chi connectivity index (χ1v) is 10.9. The number of benzene rings is 3. The van der Waals surface area contributed by atoms with Crippen molar-refractivity contribution in [3.8, 4) is 17.6 Å². The topological polar surface area (TPSA) is 79.5 Å². The van der Waals surface area contributed by atoms with Crippen LogP contribution in [0.25, 0.3) is 11.6 Å². The predicted octanol–water partition coefficient (Wildman–Crippen LogP) is 6.84. The van der Waals surface area contributed by atoms with Crippen molar-refractivity contribution < 1.29 is 19.4 Å². The number of hydrogen-bond donors (Lipinski definition) is 1. The highest BCUT2D eigenvalue weighted by atomic mass is 79.9. The van der Waals surface area contributed by atoms with Gasteiger partial charge < -0.3 is 14.6 Å². The van der Waals surface area contributed by atoms with Crippen LogP contribution >= 0.6 is 27.5 Å².